The molecule has 0 aromatic rings. The SMILES string of the molecule is C[C@@H]1O[C@@H](O[C@H]2[C@H](OC(=O)[C@]34CC[C@@H](C)[C@@](C)(O)[C@H]3C3=CC[C@@H]5[C@@]6(C)CC[C@H](O[C@@H]7OC[C@H](O)[C@H](O[C@@H]8O[C@H](CO)[C@@H](O)[C@H](O)[C@H]8O)[C@H]7O)C(C)(C)[C@@H]6CC[C@@]5(C)[C@]3(C)CC4)O[C@H](CO[C@@H]3O[C@H](CO)[C@@H](O)[C@H](O)[C@H]3O)[C@@H](O)[C@@H]2O)[C@H](O)[C@H](O)[C@H]1O. The molecule has 16 N–H and O–H groups in total. The van der Waals surface area contributed by atoms with Crippen molar-refractivity contribution in [3.05, 3.63) is 11.6 Å². The Morgan fingerprint density at radius 3 is 1.77 bits per heavy atom. The van der Waals surface area contributed by atoms with E-state index < -0.39 is 207 Å². The highest BCUT2D eigenvalue weighted by atomic mass is 16.8. The fourth-order valence-electron chi connectivity index (χ4n) is 17.8. The monoisotopic (exact) mass is 1240 g/mol. The minimum atomic E-state index is -2.00. The minimum Gasteiger partial charge on any atom is -0.432 e. The number of allylic oxidation sites excluding steroid dienone is 1. The Kier molecular flexibility index (Phi) is 19.2. The number of rotatable bonds is 13. The summed E-state index contributed by atoms with van der Waals surface area (Å²) in [6, 6.07) is 0. The lowest BCUT2D eigenvalue weighted by molar-refractivity contribution is -0.366. The molecule has 5 heterocycles. The molecule has 0 amide bonds. The average molecular weight is 1240 g/mol. The molecule has 34 atom stereocenters. The summed E-state index contributed by atoms with van der Waals surface area (Å²) in [4.78, 5) is 15.7. The van der Waals surface area contributed by atoms with E-state index >= 15 is 4.79 Å². The van der Waals surface area contributed by atoms with Gasteiger partial charge in [0, 0.05) is 5.92 Å². The largest absolute Gasteiger partial charge is 0.432 e. The van der Waals surface area contributed by atoms with Crippen molar-refractivity contribution in [2.75, 3.05) is 26.4 Å². The van der Waals surface area contributed by atoms with E-state index in [-0.39, 0.29) is 48.0 Å². The number of aliphatic hydroxyl groups is 16. The van der Waals surface area contributed by atoms with E-state index in [9.17, 15) is 81.7 Å². The van der Waals surface area contributed by atoms with Gasteiger partial charge < -0.3 is 129 Å². The van der Waals surface area contributed by atoms with Gasteiger partial charge in [0.25, 0.3) is 0 Å². The van der Waals surface area contributed by atoms with Crippen LogP contribution in [-0.2, 0) is 52.2 Å². The molecule has 5 aliphatic heterocycles. The Labute approximate surface area is 499 Å². The summed E-state index contributed by atoms with van der Waals surface area (Å²) in [5.74, 6) is -1.74. The van der Waals surface area contributed by atoms with Gasteiger partial charge >= 0.3 is 5.97 Å². The zero-order valence-corrected chi connectivity index (χ0v) is 50.2. The maximum Gasteiger partial charge on any atom is 0.315 e. The number of fused-ring (bicyclic) bond motifs is 7. The second kappa shape index (κ2) is 24.6. The lowest BCUT2D eigenvalue weighted by atomic mass is 9.33. The van der Waals surface area contributed by atoms with Crippen LogP contribution in [0.4, 0.5) is 0 Å². The molecule has 0 aromatic carbocycles. The summed E-state index contributed by atoms with van der Waals surface area (Å²) in [7, 11) is 0. The molecule has 0 bridgehead atoms. The third kappa shape index (κ3) is 10.9. The minimum absolute atomic E-state index is 0.0796. The molecular weight excluding hydrogens is 1140 g/mol. The standard InChI is InChI=1S/C59H96O27/c1-23-11-16-59(53(75)86-52-46(85-50-42(72)37(67)33(63)24(2)79-50)40(70)36(66)29(82-52)22-78-48-41(71)38(68)34(64)27(19-60)80-48)18-17-56(6)25(47(59)58(23,8)76)9-10-31-55(5)14-13-32(54(3,4)30(55)12-15-57(31,56)7)83-49-44(74)45(26(62)21-77-49)84-51-43(73)39(69)35(65)28(20-61)81-51/h9,23-24,26-52,60-74,76H,10-22H2,1-8H3/t23-,24+,26+,27-,28-,29-,30+,31-,32+,33+,34-,35-,36-,37-,38+,39+,40+,41-,42-,43-,44-,45+,46-,47-,48-,49+,50+,51+,52+,55+,56-,57-,58-,59+/m1/s1. The highest BCUT2D eigenvalue weighted by Gasteiger charge is 2.72. The number of carbonyl (C=O) groups excluding carboxylic acids is 1. The second-order valence-electron chi connectivity index (χ2n) is 28.3. The summed E-state index contributed by atoms with van der Waals surface area (Å²) >= 11 is 0. The lowest BCUT2D eigenvalue weighted by Crippen LogP contribution is -2.68. The molecule has 0 spiro atoms. The molecule has 0 radical (unpaired) electrons. The highest BCUT2D eigenvalue weighted by molar-refractivity contribution is 5.79. The summed E-state index contributed by atoms with van der Waals surface area (Å²) in [6.07, 6.45) is -32.8. The first-order valence-corrected chi connectivity index (χ1v) is 30.8. The van der Waals surface area contributed by atoms with Crippen molar-refractivity contribution in [3.63, 3.8) is 0 Å². The number of carbonyl (C=O) groups is 1. The van der Waals surface area contributed by atoms with Gasteiger partial charge in [0.05, 0.1) is 49.7 Å². The first kappa shape index (κ1) is 67.1. The van der Waals surface area contributed by atoms with Gasteiger partial charge in [-0.05, 0) is 111 Å². The van der Waals surface area contributed by atoms with E-state index in [1.54, 1.807) is 6.92 Å². The highest BCUT2D eigenvalue weighted by Crippen LogP contribution is 2.76. The zero-order chi connectivity index (χ0) is 62.9. The molecule has 10 rings (SSSR count). The Hall–Kier alpha value is -1.79. The van der Waals surface area contributed by atoms with Crippen LogP contribution in [0, 0.1) is 50.7 Å². The van der Waals surface area contributed by atoms with Gasteiger partial charge in [0.15, 0.2) is 31.3 Å². The maximum absolute atomic E-state index is 15.7. The summed E-state index contributed by atoms with van der Waals surface area (Å²) in [6.45, 7) is 13.9. The molecule has 10 aliphatic rings. The topological polar surface area (TPSA) is 433 Å². The van der Waals surface area contributed by atoms with Gasteiger partial charge in [0.1, 0.15) is 104 Å². The van der Waals surface area contributed by atoms with E-state index in [0.29, 0.717) is 25.7 Å². The summed E-state index contributed by atoms with van der Waals surface area (Å²) < 4.78 is 59.7. The van der Waals surface area contributed by atoms with Crippen molar-refractivity contribution in [3.8, 4) is 0 Å². The van der Waals surface area contributed by atoms with Crippen molar-refractivity contribution in [1.82, 2.24) is 0 Å². The zero-order valence-electron chi connectivity index (χ0n) is 50.2. The van der Waals surface area contributed by atoms with Crippen molar-refractivity contribution in [2.45, 2.75) is 272 Å². The Balaban J connectivity index is 0.898. The van der Waals surface area contributed by atoms with Gasteiger partial charge in [-0.1, -0.05) is 53.2 Å². The first-order valence-electron chi connectivity index (χ1n) is 30.8. The van der Waals surface area contributed by atoms with Crippen molar-refractivity contribution < 1.29 is 134 Å². The average Bonchev–Trinajstić information content (AvgIpc) is 0.681. The van der Waals surface area contributed by atoms with Gasteiger partial charge in [-0.2, -0.15) is 0 Å². The third-order valence-electron chi connectivity index (χ3n) is 23.5. The van der Waals surface area contributed by atoms with Crippen LogP contribution in [0.2, 0.25) is 0 Å². The normalized spacial score (nSPS) is 55.6. The van der Waals surface area contributed by atoms with E-state index in [2.05, 4.69) is 40.7 Å². The van der Waals surface area contributed by atoms with Crippen LogP contribution in [-0.4, -0.2) is 273 Å². The number of esters is 1. The van der Waals surface area contributed by atoms with Crippen LogP contribution in [0.15, 0.2) is 11.6 Å². The Morgan fingerprint density at radius 2 is 1.13 bits per heavy atom. The number of ether oxygens (including phenoxy) is 10. The van der Waals surface area contributed by atoms with Crippen molar-refractivity contribution >= 4 is 5.97 Å². The van der Waals surface area contributed by atoms with Crippen LogP contribution in [0.1, 0.15) is 113 Å². The predicted molar refractivity (Wildman–Crippen MR) is 289 cm³/mol. The second-order valence-corrected chi connectivity index (χ2v) is 28.3. The van der Waals surface area contributed by atoms with Gasteiger partial charge in [-0.15, -0.1) is 0 Å². The molecule has 5 saturated heterocycles. The molecule has 5 aliphatic carbocycles. The van der Waals surface area contributed by atoms with Crippen molar-refractivity contribution in [2.24, 2.45) is 50.7 Å². The van der Waals surface area contributed by atoms with E-state index in [1.165, 1.54) is 6.92 Å². The molecule has 86 heavy (non-hydrogen) atoms. The third-order valence-corrected chi connectivity index (χ3v) is 23.5. The van der Waals surface area contributed by atoms with Crippen molar-refractivity contribution in [1.29, 1.82) is 0 Å². The quantitative estimate of drug-likeness (QED) is 0.0482. The maximum atomic E-state index is 15.7. The van der Waals surface area contributed by atoms with Crippen LogP contribution in [0.3, 0.4) is 0 Å². The van der Waals surface area contributed by atoms with Crippen LogP contribution in [0.25, 0.3) is 0 Å². The van der Waals surface area contributed by atoms with E-state index in [4.69, 9.17) is 47.4 Å². The number of hydrogen-bond acceptors (Lipinski definition) is 27. The van der Waals surface area contributed by atoms with Crippen LogP contribution < -0.4 is 0 Å². The fourth-order valence-corrected chi connectivity index (χ4v) is 17.8. The summed E-state index contributed by atoms with van der Waals surface area (Å²) in [5.41, 5.74) is -3.72. The molecule has 494 valence electrons. The Bertz CT molecular complexity index is 2400. The molecule has 0 aromatic heterocycles. The smallest absolute Gasteiger partial charge is 0.315 e. The van der Waals surface area contributed by atoms with Crippen LogP contribution in [0.5, 0.6) is 0 Å². The molecule has 0 unspecified atom stereocenters. The molecule has 9 fully saturated rings. The van der Waals surface area contributed by atoms with Gasteiger partial charge in [-0.25, -0.2) is 0 Å². The first-order chi connectivity index (χ1) is 40.2. The van der Waals surface area contributed by atoms with Gasteiger partial charge in [0.2, 0.25) is 6.29 Å². The van der Waals surface area contributed by atoms with E-state index in [1.807, 2.05) is 6.92 Å². The molecular formula is C59H96O27. The summed E-state index contributed by atoms with van der Waals surface area (Å²) in [5, 5.41) is 174. The molecule has 27 nitrogen and oxygen atoms in total. The molecule has 27 heteroatoms. The lowest BCUT2D eigenvalue weighted by Gasteiger charge is -2.72. The fraction of sp³-hybridized carbons (Fsp3) is 0.949. The van der Waals surface area contributed by atoms with Gasteiger partial charge in [-0.3, -0.25) is 4.79 Å². The predicted octanol–water partition coefficient (Wildman–Crippen LogP) is -3.57. The number of hydrogen-bond donors (Lipinski definition) is 16. The number of aliphatic hydroxyl groups excluding tert-OH is 15. The Morgan fingerprint density at radius 1 is 0.558 bits per heavy atom. The van der Waals surface area contributed by atoms with E-state index in [0.717, 1.165) is 24.8 Å². The van der Waals surface area contributed by atoms with Crippen LogP contribution >= 0.6 is 0 Å². The molecule has 4 saturated carbocycles.